The molecule has 3 heterocycles. The predicted octanol–water partition coefficient (Wildman–Crippen LogP) is 1.37. The van der Waals surface area contributed by atoms with E-state index in [-0.39, 0.29) is 6.10 Å². The lowest BCUT2D eigenvalue weighted by Crippen LogP contribution is -2.38. The smallest absolute Gasteiger partial charge is 0.145 e. The SMILES string of the molecule is CNc1ncnc2c1ccn2[C@@H]1CC(CNC[C@H]2CCCNC2)[C@@H](O)C1. The second kappa shape index (κ2) is 7.90. The molecule has 2 aliphatic rings. The van der Waals surface area contributed by atoms with E-state index in [1.165, 1.54) is 12.8 Å². The molecule has 142 valence electrons. The number of piperidine rings is 1. The Morgan fingerprint density at radius 1 is 1.31 bits per heavy atom. The fraction of sp³-hybridized carbons (Fsp3) is 0.684. The fourth-order valence-electron chi connectivity index (χ4n) is 4.56. The molecule has 7 heteroatoms. The standard InChI is InChI=1S/C19H30N6O/c1-20-18-16-4-6-25(19(16)24-12-23-18)15-7-14(17(26)8-15)11-22-10-13-3-2-5-21-9-13/h4,6,12-15,17,21-22,26H,2-3,5,7-11H2,1H3,(H,20,23,24)/t13-,14?,15+,17-/m0/s1. The molecular weight excluding hydrogens is 328 g/mol. The lowest BCUT2D eigenvalue weighted by Gasteiger charge is -2.24. The highest BCUT2D eigenvalue weighted by Crippen LogP contribution is 2.37. The second-order valence-electron chi connectivity index (χ2n) is 7.76. The number of aliphatic hydroxyl groups excluding tert-OH is 1. The third-order valence-electron chi connectivity index (χ3n) is 6.01. The van der Waals surface area contributed by atoms with E-state index >= 15 is 0 Å². The zero-order chi connectivity index (χ0) is 17.9. The van der Waals surface area contributed by atoms with Gasteiger partial charge in [0.1, 0.15) is 17.8 Å². The quantitative estimate of drug-likeness (QED) is 0.624. The summed E-state index contributed by atoms with van der Waals surface area (Å²) >= 11 is 0. The third kappa shape index (κ3) is 3.56. The molecule has 1 unspecified atom stereocenters. The Kier molecular flexibility index (Phi) is 5.38. The highest BCUT2D eigenvalue weighted by molar-refractivity contribution is 5.87. The molecule has 2 aromatic heterocycles. The minimum absolute atomic E-state index is 0.250. The van der Waals surface area contributed by atoms with E-state index < -0.39 is 0 Å². The highest BCUT2D eigenvalue weighted by Gasteiger charge is 2.34. The molecule has 1 aliphatic heterocycles. The van der Waals surface area contributed by atoms with Gasteiger partial charge in [0.15, 0.2) is 0 Å². The van der Waals surface area contributed by atoms with Crippen LogP contribution in [0.4, 0.5) is 5.82 Å². The van der Waals surface area contributed by atoms with Crippen molar-refractivity contribution >= 4 is 16.9 Å². The van der Waals surface area contributed by atoms with Gasteiger partial charge in [-0.15, -0.1) is 0 Å². The number of aliphatic hydroxyl groups is 1. The summed E-state index contributed by atoms with van der Waals surface area (Å²) in [7, 11) is 1.88. The zero-order valence-electron chi connectivity index (χ0n) is 15.5. The summed E-state index contributed by atoms with van der Waals surface area (Å²) in [5, 5.41) is 21.8. The minimum atomic E-state index is -0.250. The van der Waals surface area contributed by atoms with Gasteiger partial charge in [0.05, 0.1) is 11.5 Å². The monoisotopic (exact) mass is 358 g/mol. The average molecular weight is 358 g/mol. The molecule has 1 saturated heterocycles. The first-order valence-electron chi connectivity index (χ1n) is 9.85. The van der Waals surface area contributed by atoms with Crippen molar-refractivity contribution in [3.05, 3.63) is 18.6 Å². The number of rotatable bonds is 6. The molecule has 4 N–H and O–H groups in total. The molecule has 0 aromatic carbocycles. The average Bonchev–Trinajstić information content (AvgIpc) is 3.26. The van der Waals surface area contributed by atoms with Gasteiger partial charge in [-0.1, -0.05) is 0 Å². The van der Waals surface area contributed by atoms with Crippen molar-refractivity contribution in [2.45, 2.75) is 37.8 Å². The van der Waals surface area contributed by atoms with Crippen LogP contribution in [0.3, 0.4) is 0 Å². The number of fused-ring (bicyclic) bond motifs is 1. The van der Waals surface area contributed by atoms with Gasteiger partial charge in [0, 0.05) is 25.8 Å². The predicted molar refractivity (Wildman–Crippen MR) is 103 cm³/mol. The summed E-state index contributed by atoms with van der Waals surface area (Å²) < 4.78 is 2.21. The summed E-state index contributed by atoms with van der Waals surface area (Å²) in [5.74, 6) is 1.88. The molecule has 1 saturated carbocycles. The molecule has 0 radical (unpaired) electrons. The van der Waals surface area contributed by atoms with E-state index in [4.69, 9.17) is 0 Å². The van der Waals surface area contributed by atoms with Gasteiger partial charge in [0.2, 0.25) is 0 Å². The number of nitrogens with one attached hydrogen (secondary N) is 3. The first-order valence-corrected chi connectivity index (χ1v) is 9.85. The minimum Gasteiger partial charge on any atom is -0.393 e. The molecule has 0 amide bonds. The molecule has 4 rings (SSSR count). The van der Waals surface area contributed by atoms with Crippen molar-refractivity contribution in [1.29, 1.82) is 0 Å². The van der Waals surface area contributed by atoms with E-state index in [2.05, 4.69) is 42.7 Å². The van der Waals surface area contributed by atoms with Crippen molar-refractivity contribution in [3.8, 4) is 0 Å². The maximum atomic E-state index is 10.6. The molecule has 4 atom stereocenters. The maximum Gasteiger partial charge on any atom is 0.145 e. The first-order chi connectivity index (χ1) is 12.8. The summed E-state index contributed by atoms with van der Waals surface area (Å²) in [6.07, 6.45) is 7.80. The summed E-state index contributed by atoms with van der Waals surface area (Å²) in [6.45, 7) is 4.21. The normalized spacial score (nSPS) is 29.3. The molecule has 0 spiro atoms. The zero-order valence-corrected chi connectivity index (χ0v) is 15.5. The van der Waals surface area contributed by atoms with Gasteiger partial charge in [-0.3, -0.25) is 0 Å². The largest absolute Gasteiger partial charge is 0.393 e. The van der Waals surface area contributed by atoms with Gasteiger partial charge in [-0.25, -0.2) is 9.97 Å². The molecule has 1 aliphatic carbocycles. The van der Waals surface area contributed by atoms with Crippen LogP contribution in [-0.4, -0.2) is 59.0 Å². The van der Waals surface area contributed by atoms with Crippen LogP contribution in [0.1, 0.15) is 31.7 Å². The van der Waals surface area contributed by atoms with Crippen LogP contribution < -0.4 is 16.0 Å². The molecule has 2 fully saturated rings. The maximum absolute atomic E-state index is 10.6. The van der Waals surface area contributed by atoms with Crippen molar-refractivity contribution in [1.82, 2.24) is 25.2 Å². The Morgan fingerprint density at radius 2 is 2.23 bits per heavy atom. The first kappa shape index (κ1) is 17.7. The summed E-state index contributed by atoms with van der Waals surface area (Å²) in [6, 6.07) is 2.36. The van der Waals surface area contributed by atoms with Crippen LogP contribution in [0.15, 0.2) is 18.6 Å². The van der Waals surface area contributed by atoms with Gasteiger partial charge in [0.25, 0.3) is 0 Å². The van der Waals surface area contributed by atoms with Crippen LogP contribution in [0.25, 0.3) is 11.0 Å². The molecule has 7 nitrogen and oxygen atoms in total. The van der Waals surface area contributed by atoms with E-state index in [9.17, 15) is 5.11 Å². The van der Waals surface area contributed by atoms with Crippen LogP contribution in [0, 0.1) is 11.8 Å². The van der Waals surface area contributed by atoms with Crippen LogP contribution in [0.5, 0.6) is 0 Å². The number of aromatic nitrogens is 3. The molecule has 26 heavy (non-hydrogen) atoms. The lowest BCUT2D eigenvalue weighted by atomic mass is 9.99. The van der Waals surface area contributed by atoms with Gasteiger partial charge >= 0.3 is 0 Å². The number of hydrogen-bond acceptors (Lipinski definition) is 6. The molecule has 2 aromatic rings. The Morgan fingerprint density at radius 3 is 3.04 bits per heavy atom. The third-order valence-corrected chi connectivity index (χ3v) is 6.01. The summed E-state index contributed by atoms with van der Waals surface area (Å²) in [5.41, 5.74) is 0.948. The Balaban J connectivity index is 1.37. The van der Waals surface area contributed by atoms with E-state index in [1.54, 1.807) is 6.33 Å². The van der Waals surface area contributed by atoms with Crippen LogP contribution in [0.2, 0.25) is 0 Å². The fourth-order valence-corrected chi connectivity index (χ4v) is 4.56. The van der Waals surface area contributed by atoms with Gasteiger partial charge < -0.3 is 25.6 Å². The van der Waals surface area contributed by atoms with Crippen molar-refractivity contribution < 1.29 is 5.11 Å². The number of anilines is 1. The Labute approximate surface area is 154 Å². The highest BCUT2D eigenvalue weighted by atomic mass is 16.3. The number of nitrogens with zero attached hydrogens (tertiary/aromatic N) is 3. The van der Waals surface area contributed by atoms with Crippen LogP contribution in [-0.2, 0) is 0 Å². The molecular formula is C19H30N6O. The van der Waals surface area contributed by atoms with Crippen molar-refractivity contribution in [2.75, 3.05) is 38.5 Å². The van der Waals surface area contributed by atoms with Gasteiger partial charge in [-0.05, 0) is 63.2 Å². The van der Waals surface area contributed by atoms with Gasteiger partial charge in [-0.2, -0.15) is 0 Å². The van der Waals surface area contributed by atoms with E-state index in [1.807, 2.05) is 7.05 Å². The Bertz CT molecular complexity index is 726. The van der Waals surface area contributed by atoms with E-state index in [0.717, 1.165) is 61.8 Å². The van der Waals surface area contributed by atoms with Crippen molar-refractivity contribution in [2.24, 2.45) is 11.8 Å². The lowest BCUT2D eigenvalue weighted by molar-refractivity contribution is 0.129. The van der Waals surface area contributed by atoms with Crippen molar-refractivity contribution in [3.63, 3.8) is 0 Å². The second-order valence-corrected chi connectivity index (χ2v) is 7.76. The Hall–Kier alpha value is -1.70. The number of hydrogen-bond donors (Lipinski definition) is 4. The summed E-state index contributed by atoms with van der Waals surface area (Å²) in [4.78, 5) is 8.76. The topological polar surface area (TPSA) is 87.0 Å². The van der Waals surface area contributed by atoms with E-state index in [0.29, 0.717) is 12.0 Å². The van der Waals surface area contributed by atoms with Crippen LogP contribution >= 0.6 is 0 Å². The molecule has 0 bridgehead atoms.